The molecule has 0 radical (unpaired) electrons. The van der Waals surface area contributed by atoms with E-state index in [4.69, 9.17) is 25.9 Å². The summed E-state index contributed by atoms with van der Waals surface area (Å²) in [6, 6.07) is 7.69. The average molecular weight is 408 g/mol. The molecule has 1 aromatic carbocycles. The molecule has 29 heavy (non-hydrogen) atoms. The lowest BCUT2D eigenvalue weighted by Crippen LogP contribution is -2.49. The molecule has 2 unspecified atom stereocenters. The van der Waals surface area contributed by atoms with E-state index in [9.17, 15) is 4.79 Å². The van der Waals surface area contributed by atoms with Crippen molar-refractivity contribution in [2.75, 3.05) is 32.8 Å². The van der Waals surface area contributed by atoms with Gasteiger partial charge < -0.3 is 25.8 Å². The van der Waals surface area contributed by atoms with Gasteiger partial charge in [-0.25, -0.2) is 10.7 Å². The van der Waals surface area contributed by atoms with Gasteiger partial charge in [0, 0.05) is 25.6 Å². The van der Waals surface area contributed by atoms with Crippen molar-refractivity contribution in [3.63, 3.8) is 0 Å². The van der Waals surface area contributed by atoms with E-state index in [0.29, 0.717) is 25.4 Å². The molecule has 1 aliphatic rings. The molecule has 0 spiro atoms. The minimum atomic E-state index is -1.40. The molecule has 2 atom stereocenters. The lowest BCUT2D eigenvalue weighted by Gasteiger charge is -2.29. The number of nitrogens with two attached hydrogens (primary N) is 2. The predicted molar refractivity (Wildman–Crippen MR) is 112 cm³/mol. The molecule has 0 aliphatic carbocycles. The summed E-state index contributed by atoms with van der Waals surface area (Å²) in [7, 11) is 0. The molecule has 6 N–H and O–H groups in total. The van der Waals surface area contributed by atoms with Gasteiger partial charge in [-0.15, -0.1) is 0 Å². The van der Waals surface area contributed by atoms with Gasteiger partial charge in [0.1, 0.15) is 18.0 Å². The van der Waals surface area contributed by atoms with Crippen LogP contribution in [-0.4, -0.2) is 55.9 Å². The molecule has 2 rings (SSSR count). The second-order valence-electron chi connectivity index (χ2n) is 8.19. The van der Waals surface area contributed by atoms with E-state index in [-0.39, 0.29) is 12.5 Å². The van der Waals surface area contributed by atoms with Crippen molar-refractivity contribution in [3.05, 3.63) is 29.8 Å². The smallest absolute Gasteiger partial charge is 0.344 e. The van der Waals surface area contributed by atoms with Crippen molar-refractivity contribution in [1.82, 2.24) is 10.6 Å². The summed E-state index contributed by atoms with van der Waals surface area (Å²) in [5, 5.41) is 6.42. The minimum Gasteiger partial charge on any atom is -0.490 e. The third-order valence-corrected chi connectivity index (χ3v) is 4.38. The molecule has 1 aromatic rings. The van der Waals surface area contributed by atoms with E-state index in [1.807, 2.05) is 24.3 Å². The molecule has 1 aliphatic heterocycles. The number of hydrogen-bond acceptors (Lipinski definition) is 9. The second-order valence-corrected chi connectivity index (χ2v) is 8.19. The fourth-order valence-corrected chi connectivity index (χ4v) is 2.66. The Kier molecular flexibility index (Phi) is 7.83. The third kappa shape index (κ3) is 6.88. The van der Waals surface area contributed by atoms with Crippen LogP contribution in [-0.2, 0) is 14.4 Å². The molecule has 0 bridgehead atoms. The fraction of sp³-hybridized carbons (Fsp3) is 0.600. The van der Waals surface area contributed by atoms with Gasteiger partial charge in [-0.3, -0.25) is 9.83 Å². The number of aliphatic imine (C=N–C) groups is 1. The quantitative estimate of drug-likeness (QED) is 0.365. The SMILES string of the molecule is CC(C)(C)OC(=O)C(C)(COc1ccc(C2CN=C(NCCN)NC2)cc1)ON. The van der Waals surface area contributed by atoms with Crippen LogP contribution in [0.3, 0.4) is 0 Å². The number of esters is 1. The topological polar surface area (TPSA) is 133 Å². The summed E-state index contributed by atoms with van der Waals surface area (Å²) in [5.41, 5.74) is 4.59. The Hall–Kier alpha value is -2.36. The van der Waals surface area contributed by atoms with Gasteiger partial charge in [0.2, 0.25) is 5.60 Å². The van der Waals surface area contributed by atoms with E-state index >= 15 is 0 Å². The normalized spacial score (nSPS) is 18.8. The minimum absolute atomic E-state index is 0.0663. The Bertz CT molecular complexity index is 702. The van der Waals surface area contributed by atoms with E-state index < -0.39 is 17.2 Å². The van der Waals surface area contributed by atoms with E-state index in [2.05, 4.69) is 15.6 Å². The second kappa shape index (κ2) is 9.91. The number of nitrogens with one attached hydrogen (secondary N) is 2. The molecule has 9 nitrogen and oxygen atoms in total. The molecule has 0 aromatic heterocycles. The maximum absolute atomic E-state index is 12.3. The van der Waals surface area contributed by atoms with Crippen molar-refractivity contribution >= 4 is 11.9 Å². The zero-order valence-corrected chi connectivity index (χ0v) is 17.7. The average Bonchev–Trinajstić information content (AvgIpc) is 2.70. The van der Waals surface area contributed by atoms with Gasteiger partial charge in [-0.1, -0.05) is 12.1 Å². The molecule has 0 amide bonds. The summed E-state index contributed by atoms with van der Waals surface area (Å²) in [5.74, 6) is 6.43. The first-order valence-electron chi connectivity index (χ1n) is 9.73. The van der Waals surface area contributed by atoms with E-state index in [0.717, 1.165) is 18.1 Å². The van der Waals surface area contributed by atoms with Crippen LogP contribution in [0.15, 0.2) is 29.3 Å². The Morgan fingerprint density at radius 2 is 1.97 bits per heavy atom. The Balaban J connectivity index is 1.92. The number of nitrogens with zero attached hydrogens (tertiary/aromatic N) is 1. The lowest BCUT2D eigenvalue weighted by molar-refractivity contribution is -0.186. The summed E-state index contributed by atoms with van der Waals surface area (Å²) in [6.07, 6.45) is 0. The number of carbonyl (C=O) groups excluding carboxylic acids is 1. The molecule has 9 heteroatoms. The summed E-state index contributed by atoms with van der Waals surface area (Å²) in [6.45, 7) is 9.55. The molecular weight excluding hydrogens is 374 g/mol. The maximum atomic E-state index is 12.3. The summed E-state index contributed by atoms with van der Waals surface area (Å²) >= 11 is 0. The van der Waals surface area contributed by atoms with E-state index in [1.165, 1.54) is 6.92 Å². The van der Waals surface area contributed by atoms with Crippen LogP contribution < -0.4 is 27.0 Å². The number of ether oxygens (including phenoxy) is 2. The van der Waals surface area contributed by atoms with Gasteiger partial charge in [-0.2, -0.15) is 0 Å². The predicted octanol–water partition coefficient (Wildman–Crippen LogP) is 0.647. The van der Waals surface area contributed by atoms with Gasteiger partial charge in [0.25, 0.3) is 0 Å². The van der Waals surface area contributed by atoms with Crippen LogP contribution in [0.2, 0.25) is 0 Å². The van der Waals surface area contributed by atoms with Crippen molar-refractivity contribution in [2.45, 2.75) is 44.8 Å². The van der Waals surface area contributed by atoms with E-state index in [1.54, 1.807) is 20.8 Å². The summed E-state index contributed by atoms with van der Waals surface area (Å²) < 4.78 is 11.1. The van der Waals surface area contributed by atoms with Crippen molar-refractivity contribution < 1.29 is 19.1 Å². The summed E-state index contributed by atoms with van der Waals surface area (Å²) in [4.78, 5) is 21.7. The number of guanidine groups is 1. The van der Waals surface area contributed by atoms with Gasteiger partial charge >= 0.3 is 5.97 Å². The monoisotopic (exact) mass is 407 g/mol. The first-order chi connectivity index (χ1) is 13.7. The third-order valence-electron chi connectivity index (χ3n) is 4.38. The molecular formula is C20H33N5O4. The van der Waals surface area contributed by atoms with Crippen LogP contribution >= 0.6 is 0 Å². The number of rotatable bonds is 8. The van der Waals surface area contributed by atoms with Crippen LogP contribution in [0, 0.1) is 0 Å². The molecule has 0 fully saturated rings. The molecule has 162 valence electrons. The van der Waals surface area contributed by atoms with Crippen molar-refractivity contribution in [1.29, 1.82) is 0 Å². The zero-order chi connectivity index (χ0) is 21.5. The number of hydrogen-bond donors (Lipinski definition) is 4. The first-order valence-corrected chi connectivity index (χ1v) is 9.73. The van der Waals surface area contributed by atoms with Gasteiger partial charge in [0.05, 0.1) is 6.54 Å². The van der Waals surface area contributed by atoms with Crippen LogP contribution in [0.25, 0.3) is 0 Å². The molecule has 0 saturated heterocycles. The highest BCUT2D eigenvalue weighted by atomic mass is 16.7. The van der Waals surface area contributed by atoms with Crippen molar-refractivity contribution in [3.8, 4) is 5.75 Å². The Morgan fingerprint density at radius 3 is 2.48 bits per heavy atom. The highest BCUT2D eigenvalue weighted by Crippen LogP contribution is 2.23. The van der Waals surface area contributed by atoms with Crippen molar-refractivity contribution in [2.24, 2.45) is 16.6 Å². The fourth-order valence-electron chi connectivity index (χ4n) is 2.66. The van der Waals surface area contributed by atoms with Crippen LogP contribution in [0.1, 0.15) is 39.2 Å². The zero-order valence-electron chi connectivity index (χ0n) is 17.7. The van der Waals surface area contributed by atoms with Crippen LogP contribution in [0.4, 0.5) is 0 Å². The molecule has 0 saturated carbocycles. The highest BCUT2D eigenvalue weighted by Gasteiger charge is 2.39. The largest absolute Gasteiger partial charge is 0.490 e. The molecule has 1 heterocycles. The Labute approximate surface area is 172 Å². The first kappa shape index (κ1) is 22.9. The number of carbonyl (C=O) groups is 1. The Morgan fingerprint density at radius 1 is 1.28 bits per heavy atom. The van der Waals surface area contributed by atoms with Gasteiger partial charge in [0.15, 0.2) is 5.96 Å². The highest BCUT2D eigenvalue weighted by molar-refractivity contribution is 5.80. The maximum Gasteiger partial charge on any atom is 0.344 e. The van der Waals surface area contributed by atoms with Crippen LogP contribution in [0.5, 0.6) is 5.75 Å². The van der Waals surface area contributed by atoms with Gasteiger partial charge in [-0.05, 0) is 45.4 Å². The standard InChI is InChI=1S/C20H33N5O4/c1-19(2,3)28-17(26)20(4,29-22)13-27-16-7-5-14(6-8-16)15-11-24-18(25-12-15)23-10-9-21/h5-8,15H,9-13,21-22H2,1-4H3,(H2,23,24,25). The lowest BCUT2D eigenvalue weighted by atomic mass is 9.98. The number of benzene rings is 1.